The first-order chi connectivity index (χ1) is 7.20. The minimum absolute atomic E-state index is 0.242. The Morgan fingerprint density at radius 2 is 1.80 bits per heavy atom. The van der Waals surface area contributed by atoms with Gasteiger partial charge in [0.1, 0.15) is 4.48 Å². The van der Waals surface area contributed by atoms with Crippen molar-refractivity contribution in [2.45, 2.75) is 32.1 Å². The lowest BCUT2D eigenvalue weighted by atomic mass is 9.80. The largest absolute Gasteiger partial charge is 0.461 e. The molecule has 0 spiro atoms. The first-order valence-electron chi connectivity index (χ1n) is 5.42. The summed E-state index contributed by atoms with van der Waals surface area (Å²) < 4.78 is 6.73. The first-order valence-corrected chi connectivity index (χ1v) is 7.01. The van der Waals surface area contributed by atoms with E-state index in [1.807, 2.05) is 0 Å². The molecule has 2 rings (SSSR count). The van der Waals surface area contributed by atoms with E-state index in [0.717, 1.165) is 4.48 Å². The van der Waals surface area contributed by atoms with Gasteiger partial charge in [0.2, 0.25) is 0 Å². The molecular weight excluding hydrogens is 324 g/mol. The highest BCUT2D eigenvalue weighted by Gasteiger charge is 2.33. The Balaban J connectivity index is 2.12. The van der Waals surface area contributed by atoms with E-state index >= 15 is 0 Å². The molecule has 1 aliphatic heterocycles. The summed E-state index contributed by atoms with van der Waals surface area (Å²) in [5.41, 5.74) is 0. The van der Waals surface area contributed by atoms with Crippen molar-refractivity contribution in [2.24, 2.45) is 11.8 Å². The number of hydrogen-bond acceptors (Lipinski definition) is 2. The van der Waals surface area contributed by atoms with E-state index < -0.39 is 0 Å². The average Bonchev–Trinajstić information content (AvgIpc) is 2.27. The molecule has 0 amide bonds. The molecule has 1 fully saturated rings. The summed E-state index contributed by atoms with van der Waals surface area (Å²) in [6, 6.07) is 0. The molecule has 2 aliphatic rings. The average molecular weight is 338 g/mol. The molecule has 1 atom stereocenters. The van der Waals surface area contributed by atoms with Crippen molar-refractivity contribution in [1.82, 2.24) is 0 Å². The minimum atomic E-state index is -0.242. The van der Waals surface area contributed by atoms with Crippen molar-refractivity contribution in [3.05, 3.63) is 8.96 Å². The van der Waals surface area contributed by atoms with Gasteiger partial charge < -0.3 is 4.74 Å². The predicted molar refractivity (Wildman–Crippen MR) is 65.9 cm³/mol. The molecule has 0 saturated heterocycles. The standard InChI is InChI=1S/C11H14Br2O2/c12-9-8(6-15-11(14)10(9)13)7-4-2-1-3-5-7/h7-8H,1-6H2. The number of hydrogen-bond donors (Lipinski definition) is 0. The topological polar surface area (TPSA) is 26.3 Å². The second-order valence-electron chi connectivity index (χ2n) is 4.26. The molecule has 0 N–H and O–H groups in total. The molecule has 15 heavy (non-hydrogen) atoms. The summed E-state index contributed by atoms with van der Waals surface area (Å²) in [5, 5.41) is 0. The number of ether oxygens (including phenoxy) is 1. The zero-order valence-corrected chi connectivity index (χ0v) is 11.6. The molecule has 2 nitrogen and oxygen atoms in total. The fourth-order valence-electron chi connectivity index (χ4n) is 2.44. The maximum absolute atomic E-state index is 11.3. The Bertz CT molecular complexity index is 293. The van der Waals surface area contributed by atoms with Crippen molar-refractivity contribution in [2.75, 3.05) is 6.61 Å². The maximum atomic E-state index is 11.3. The lowest BCUT2D eigenvalue weighted by Crippen LogP contribution is -2.29. The summed E-state index contributed by atoms with van der Waals surface area (Å²) in [7, 11) is 0. The van der Waals surface area contributed by atoms with Crippen molar-refractivity contribution in [1.29, 1.82) is 0 Å². The van der Waals surface area contributed by atoms with E-state index in [0.29, 0.717) is 22.9 Å². The molecule has 0 aromatic rings. The van der Waals surface area contributed by atoms with Gasteiger partial charge in [0.25, 0.3) is 0 Å². The predicted octanol–water partition coefficient (Wildman–Crippen LogP) is 3.74. The van der Waals surface area contributed by atoms with Crippen LogP contribution in [-0.4, -0.2) is 12.6 Å². The van der Waals surface area contributed by atoms with Gasteiger partial charge in [-0.25, -0.2) is 4.79 Å². The molecule has 84 valence electrons. The minimum Gasteiger partial charge on any atom is -0.461 e. The highest BCUT2D eigenvalue weighted by atomic mass is 79.9. The van der Waals surface area contributed by atoms with Crippen LogP contribution in [0.1, 0.15) is 32.1 Å². The monoisotopic (exact) mass is 336 g/mol. The summed E-state index contributed by atoms with van der Waals surface area (Å²) in [6.45, 7) is 0.541. The third-order valence-corrected chi connectivity index (χ3v) is 5.59. The normalized spacial score (nSPS) is 29.2. The molecule has 0 radical (unpaired) electrons. The number of cyclic esters (lactones) is 1. The molecule has 1 heterocycles. The zero-order chi connectivity index (χ0) is 10.8. The number of carbonyl (C=O) groups excluding carboxylic acids is 1. The Morgan fingerprint density at radius 3 is 2.47 bits per heavy atom. The fourth-order valence-corrected chi connectivity index (χ4v) is 3.52. The quantitative estimate of drug-likeness (QED) is 0.681. The Morgan fingerprint density at radius 1 is 1.13 bits per heavy atom. The highest BCUT2D eigenvalue weighted by Crippen LogP contribution is 2.41. The van der Waals surface area contributed by atoms with Crippen LogP contribution in [0.15, 0.2) is 8.96 Å². The molecule has 1 saturated carbocycles. The molecule has 1 aliphatic carbocycles. The van der Waals surface area contributed by atoms with Gasteiger partial charge in [0.15, 0.2) is 0 Å². The van der Waals surface area contributed by atoms with Crippen LogP contribution in [-0.2, 0) is 9.53 Å². The van der Waals surface area contributed by atoms with Crippen molar-refractivity contribution in [3.63, 3.8) is 0 Å². The lowest BCUT2D eigenvalue weighted by Gasteiger charge is -2.32. The van der Waals surface area contributed by atoms with Gasteiger partial charge in [-0.15, -0.1) is 0 Å². The fraction of sp³-hybridized carbons (Fsp3) is 0.727. The summed E-state index contributed by atoms with van der Waals surface area (Å²) >= 11 is 6.81. The van der Waals surface area contributed by atoms with Crippen molar-refractivity contribution < 1.29 is 9.53 Å². The van der Waals surface area contributed by atoms with Crippen molar-refractivity contribution in [3.8, 4) is 0 Å². The number of esters is 1. The van der Waals surface area contributed by atoms with Crippen LogP contribution in [0.25, 0.3) is 0 Å². The van der Waals surface area contributed by atoms with Gasteiger partial charge in [0.05, 0.1) is 6.61 Å². The van der Waals surface area contributed by atoms with Gasteiger partial charge in [-0.2, -0.15) is 0 Å². The van der Waals surface area contributed by atoms with Gasteiger partial charge in [-0.05, 0) is 34.7 Å². The van der Waals surface area contributed by atoms with Crippen molar-refractivity contribution >= 4 is 37.8 Å². The first kappa shape index (κ1) is 11.6. The van der Waals surface area contributed by atoms with Gasteiger partial charge in [-0.1, -0.05) is 35.2 Å². The maximum Gasteiger partial charge on any atom is 0.346 e. The summed E-state index contributed by atoms with van der Waals surface area (Å²) in [6.07, 6.45) is 6.50. The highest BCUT2D eigenvalue weighted by molar-refractivity contribution is 9.14. The van der Waals surface area contributed by atoms with Crippen LogP contribution >= 0.6 is 31.9 Å². The SMILES string of the molecule is O=C1OCC(C2CCCCC2)C(Br)=C1Br. The summed E-state index contributed by atoms with van der Waals surface area (Å²) in [4.78, 5) is 11.3. The molecule has 0 aromatic heterocycles. The molecule has 4 heteroatoms. The van der Waals surface area contributed by atoms with Crippen LogP contribution < -0.4 is 0 Å². The number of rotatable bonds is 1. The second-order valence-corrected chi connectivity index (χ2v) is 5.91. The smallest absolute Gasteiger partial charge is 0.346 e. The Kier molecular flexibility index (Phi) is 3.88. The van der Waals surface area contributed by atoms with Crippen LogP contribution in [0.3, 0.4) is 0 Å². The zero-order valence-electron chi connectivity index (χ0n) is 8.47. The molecule has 0 bridgehead atoms. The molecule has 1 unspecified atom stereocenters. The number of halogens is 2. The van der Waals surface area contributed by atoms with E-state index in [4.69, 9.17) is 4.74 Å². The third kappa shape index (κ3) is 2.47. The van der Waals surface area contributed by atoms with Crippen LogP contribution in [0.4, 0.5) is 0 Å². The van der Waals surface area contributed by atoms with E-state index in [-0.39, 0.29) is 5.97 Å². The molecule has 0 aromatic carbocycles. The third-order valence-electron chi connectivity index (χ3n) is 3.33. The van der Waals surface area contributed by atoms with E-state index in [9.17, 15) is 4.79 Å². The van der Waals surface area contributed by atoms with Crippen LogP contribution in [0.5, 0.6) is 0 Å². The van der Waals surface area contributed by atoms with Gasteiger partial charge in [0, 0.05) is 10.4 Å². The van der Waals surface area contributed by atoms with E-state index in [1.165, 1.54) is 32.1 Å². The lowest BCUT2D eigenvalue weighted by molar-refractivity contribution is -0.141. The van der Waals surface area contributed by atoms with Gasteiger partial charge in [-0.3, -0.25) is 0 Å². The van der Waals surface area contributed by atoms with E-state index in [2.05, 4.69) is 31.9 Å². The van der Waals surface area contributed by atoms with Crippen LogP contribution in [0.2, 0.25) is 0 Å². The van der Waals surface area contributed by atoms with Gasteiger partial charge >= 0.3 is 5.97 Å². The van der Waals surface area contributed by atoms with Crippen LogP contribution in [0, 0.1) is 11.8 Å². The second kappa shape index (κ2) is 5.00. The molecular formula is C11H14Br2O2. The van der Waals surface area contributed by atoms with E-state index in [1.54, 1.807) is 0 Å². The Hall–Kier alpha value is 0.170. The Labute approximate surface area is 107 Å². The summed E-state index contributed by atoms with van der Waals surface area (Å²) in [5.74, 6) is 0.806. The number of carbonyl (C=O) groups is 1.